The lowest BCUT2D eigenvalue weighted by atomic mass is 10.2. The molecule has 0 aliphatic rings. The molecular formula is C22H18FN3OS. The van der Waals surface area contributed by atoms with E-state index < -0.39 is 0 Å². The first-order chi connectivity index (χ1) is 13.6. The minimum atomic E-state index is -0.383. The van der Waals surface area contributed by atoms with Gasteiger partial charge in [0.1, 0.15) is 10.8 Å². The van der Waals surface area contributed by atoms with Gasteiger partial charge in [-0.25, -0.2) is 14.2 Å². The van der Waals surface area contributed by atoms with Gasteiger partial charge >= 0.3 is 6.03 Å². The van der Waals surface area contributed by atoms with Crippen LogP contribution in [-0.4, -0.2) is 11.0 Å². The Morgan fingerprint density at radius 3 is 2.64 bits per heavy atom. The Labute approximate surface area is 166 Å². The van der Waals surface area contributed by atoms with Crippen LogP contribution in [0.4, 0.5) is 14.9 Å². The predicted octanol–water partition coefficient (Wildman–Crippen LogP) is 5.73. The largest absolute Gasteiger partial charge is 0.334 e. The van der Waals surface area contributed by atoms with Gasteiger partial charge in [-0.05, 0) is 55.0 Å². The number of nitrogens with zero attached hydrogens (tertiary/aromatic N) is 1. The van der Waals surface area contributed by atoms with Crippen LogP contribution in [0.2, 0.25) is 0 Å². The highest BCUT2D eigenvalue weighted by Crippen LogP contribution is 2.31. The molecule has 4 rings (SSSR count). The number of hydrogen-bond acceptors (Lipinski definition) is 3. The van der Waals surface area contributed by atoms with Crippen LogP contribution in [0.3, 0.4) is 0 Å². The molecule has 4 nitrogen and oxygen atoms in total. The summed E-state index contributed by atoms with van der Waals surface area (Å²) in [6, 6.07) is 19.7. The number of carbonyl (C=O) groups is 1. The topological polar surface area (TPSA) is 54.0 Å². The molecule has 0 bridgehead atoms. The SMILES string of the molecule is Cc1ccc2nc(-c3ccc(NC(=O)NCc4ccccc4F)cc3)sc2c1. The minimum Gasteiger partial charge on any atom is -0.334 e. The third-order valence-corrected chi connectivity index (χ3v) is 5.40. The molecule has 1 aromatic heterocycles. The van der Waals surface area contributed by atoms with Crippen molar-refractivity contribution in [2.24, 2.45) is 0 Å². The minimum absolute atomic E-state index is 0.127. The number of anilines is 1. The zero-order valence-electron chi connectivity index (χ0n) is 15.2. The van der Waals surface area contributed by atoms with E-state index in [9.17, 15) is 9.18 Å². The van der Waals surface area contributed by atoms with Gasteiger partial charge < -0.3 is 10.6 Å². The Hall–Kier alpha value is -3.25. The van der Waals surface area contributed by atoms with Gasteiger partial charge in [-0.2, -0.15) is 0 Å². The summed E-state index contributed by atoms with van der Waals surface area (Å²) in [5, 5.41) is 6.35. The maximum Gasteiger partial charge on any atom is 0.319 e. The highest BCUT2D eigenvalue weighted by Gasteiger charge is 2.08. The van der Waals surface area contributed by atoms with E-state index in [4.69, 9.17) is 0 Å². The average molecular weight is 391 g/mol. The molecule has 0 aliphatic heterocycles. The van der Waals surface area contributed by atoms with Crippen molar-refractivity contribution in [1.82, 2.24) is 10.3 Å². The maximum absolute atomic E-state index is 13.6. The van der Waals surface area contributed by atoms with Crippen molar-refractivity contribution in [2.45, 2.75) is 13.5 Å². The Morgan fingerprint density at radius 1 is 1.07 bits per heavy atom. The number of halogens is 1. The second-order valence-electron chi connectivity index (χ2n) is 6.47. The summed E-state index contributed by atoms with van der Waals surface area (Å²) in [4.78, 5) is 16.7. The molecule has 2 N–H and O–H groups in total. The number of aromatic nitrogens is 1. The van der Waals surface area contributed by atoms with Gasteiger partial charge in [0, 0.05) is 23.4 Å². The predicted molar refractivity (Wildman–Crippen MR) is 112 cm³/mol. The van der Waals surface area contributed by atoms with Crippen LogP contribution in [0.15, 0.2) is 66.7 Å². The lowest BCUT2D eigenvalue weighted by Crippen LogP contribution is -2.28. The van der Waals surface area contributed by atoms with E-state index >= 15 is 0 Å². The standard InChI is InChI=1S/C22H18FN3OS/c1-14-6-11-19-20(12-14)28-21(26-19)15-7-9-17(10-8-15)25-22(27)24-13-16-4-2-3-5-18(16)23/h2-12H,13H2,1H3,(H2,24,25,27). The van der Waals surface area contributed by atoms with Gasteiger partial charge in [-0.1, -0.05) is 24.3 Å². The van der Waals surface area contributed by atoms with Crippen LogP contribution in [0.5, 0.6) is 0 Å². The molecule has 0 fully saturated rings. The molecule has 0 radical (unpaired) electrons. The number of hydrogen-bond donors (Lipinski definition) is 2. The molecule has 0 saturated carbocycles. The van der Waals surface area contributed by atoms with Crippen molar-refractivity contribution in [3.05, 3.63) is 83.7 Å². The molecule has 1 heterocycles. The second kappa shape index (κ2) is 7.78. The smallest absolute Gasteiger partial charge is 0.319 e. The van der Waals surface area contributed by atoms with E-state index in [1.54, 1.807) is 29.5 Å². The van der Waals surface area contributed by atoms with E-state index in [1.165, 1.54) is 11.6 Å². The lowest BCUT2D eigenvalue weighted by molar-refractivity contribution is 0.251. The van der Waals surface area contributed by atoms with Crippen molar-refractivity contribution in [1.29, 1.82) is 0 Å². The molecule has 140 valence electrons. The van der Waals surface area contributed by atoms with Gasteiger partial charge in [-0.15, -0.1) is 11.3 Å². The molecule has 0 unspecified atom stereocenters. The number of thiazole rings is 1. The zero-order valence-corrected chi connectivity index (χ0v) is 16.0. The van der Waals surface area contributed by atoms with Crippen molar-refractivity contribution in [3.63, 3.8) is 0 Å². The number of rotatable bonds is 4. The quantitative estimate of drug-likeness (QED) is 0.467. The third kappa shape index (κ3) is 4.02. The van der Waals surface area contributed by atoms with Crippen molar-refractivity contribution < 1.29 is 9.18 Å². The number of amides is 2. The summed E-state index contributed by atoms with van der Waals surface area (Å²) in [6.07, 6.45) is 0. The van der Waals surface area contributed by atoms with Gasteiger partial charge in [-0.3, -0.25) is 0 Å². The number of benzene rings is 3. The number of nitrogens with one attached hydrogen (secondary N) is 2. The van der Waals surface area contributed by atoms with Crippen LogP contribution >= 0.6 is 11.3 Å². The normalized spacial score (nSPS) is 10.8. The Balaban J connectivity index is 1.41. The molecule has 2 amide bonds. The Kier molecular flexibility index (Phi) is 5.04. The fourth-order valence-corrected chi connectivity index (χ4v) is 3.91. The number of urea groups is 1. The molecule has 6 heteroatoms. The second-order valence-corrected chi connectivity index (χ2v) is 7.50. The summed E-state index contributed by atoms with van der Waals surface area (Å²) in [5.74, 6) is -0.335. The first-order valence-electron chi connectivity index (χ1n) is 8.84. The number of aryl methyl sites for hydroxylation is 1. The molecule has 0 spiro atoms. The van der Waals surface area contributed by atoms with Crippen molar-refractivity contribution in [3.8, 4) is 10.6 Å². The van der Waals surface area contributed by atoms with Crippen LogP contribution < -0.4 is 10.6 Å². The average Bonchev–Trinajstić information content (AvgIpc) is 3.11. The molecular weight excluding hydrogens is 373 g/mol. The summed E-state index contributed by atoms with van der Waals surface area (Å²) < 4.78 is 14.8. The summed E-state index contributed by atoms with van der Waals surface area (Å²) in [6.45, 7) is 2.19. The van der Waals surface area contributed by atoms with Gasteiger partial charge in [0.25, 0.3) is 0 Å². The van der Waals surface area contributed by atoms with Crippen molar-refractivity contribution >= 4 is 33.3 Å². The molecule has 3 aromatic carbocycles. The molecule has 0 atom stereocenters. The third-order valence-electron chi connectivity index (χ3n) is 4.33. The molecule has 4 aromatic rings. The van der Waals surface area contributed by atoms with E-state index in [0.29, 0.717) is 11.3 Å². The lowest BCUT2D eigenvalue weighted by Gasteiger charge is -2.08. The first-order valence-corrected chi connectivity index (χ1v) is 9.66. The molecule has 0 saturated heterocycles. The van der Waals surface area contributed by atoms with E-state index in [-0.39, 0.29) is 18.4 Å². The van der Waals surface area contributed by atoms with Crippen molar-refractivity contribution in [2.75, 3.05) is 5.32 Å². The number of carbonyl (C=O) groups excluding carboxylic acids is 1. The fraction of sp³-hybridized carbons (Fsp3) is 0.0909. The molecule has 0 aliphatic carbocycles. The first kappa shape index (κ1) is 18.1. The van der Waals surface area contributed by atoms with Gasteiger partial charge in [0.05, 0.1) is 10.2 Å². The van der Waals surface area contributed by atoms with E-state index in [1.807, 2.05) is 30.3 Å². The van der Waals surface area contributed by atoms with Gasteiger partial charge in [0.2, 0.25) is 0 Å². The summed E-state index contributed by atoms with van der Waals surface area (Å²) in [5.41, 5.74) is 4.30. The van der Waals surface area contributed by atoms with Crippen LogP contribution in [0, 0.1) is 12.7 Å². The maximum atomic E-state index is 13.6. The van der Waals surface area contributed by atoms with E-state index in [0.717, 1.165) is 20.8 Å². The molecule has 28 heavy (non-hydrogen) atoms. The summed E-state index contributed by atoms with van der Waals surface area (Å²) >= 11 is 1.65. The van der Waals surface area contributed by atoms with Crippen LogP contribution in [0.1, 0.15) is 11.1 Å². The number of fused-ring (bicyclic) bond motifs is 1. The monoisotopic (exact) mass is 391 g/mol. The fourth-order valence-electron chi connectivity index (χ4n) is 2.84. The van der Waals surface area contributed by atoms with Gasteiger partial charge in [0.15, 0.2) is 0 Å². The van der Waals surface area contributed by atoms with Crippen LogP contribution in [-0.2, 0) is 6.54 Å². The summed E-state index contributed by atoms with van der Waals surface area (Å²) in [7, 11) is 0. The van der Waals surface area contributed by atoms with Crippen LogP contribution in [0.25, 0.3) is 20.8 Å². The van der Waals surface area contributed by atoms with E-state index in [2.05, 4.69) is 34.7 Å². The highest BCUT2D eigenvalue weighted by molar-refractivity contribution is 7.21. The Morgan fingerprint density at radius 2 is 1.86 bits per heavy atom. The Bertz CT molecular complexity index is 1140. The highest BCUT2D eigenvalue weighted by atomic mass is 32.1. The zero-order chi connectivity index (χ0) is 19.5.